The van der Waals surface area contributed by atoms with Crippen molar-refractivity contribution >= 4 is 12.1 Å². The third-order valence-corrected chi connectivity index (χ3v) is 2.45. The van der Waals surface area contributed by atoms with Crippen LogP contribution < -0.4 is 0 Å². The maximum atomic E-state index is 11.2. The minimum absolute atomic E-state index is 0.0589. The van der Waals surface area contributed by atoms with E-state index in [1.54, 1.807) is 24.3 Å². The minimum Gasteiger partial charge on any atom is -0.298 e. The highest BCUT2D eigenvalue weighted by molar-refractivity contribution is 5.92. The number of aldehydes is 1. The number of benzene rings is 1. The normalized spacial score (nSPS) is 9.94. The summed E-state index contributed by atoms with van der Waals surface area (Å²) < 4.78 is 0. The van der Waals surface area contributed by atoms with Gasteiger partial charge in [-0.1, -0.05) is 30.3 Å². The van der Waals surface area contributed by atoms with Gasteiger partial charge in [0, 0.05) is 18.1 Å². The van der Waals surface area contributed by atoms with Gasteiger partial charge in [-0.15, -0.1) is 0 Å². The van der Waals surface area contributed by atoms with Gasteiger partial charge in [0.05, 0.1) is 5.69 Å². The summed E-state index contributed by atoms with van der Waals surface area (Å²) in [6.07, 6.45) is 0.795. The highest BCUT2D eigenvalue weighted by atomic mass is 16.1. The first-order chi connectivity index (χ1) is 8.20. The van der Waals surface area contributed by atoms with Crippen LogP contribution in [0.25, 0.3) is 11.3 Å². The molecule has 0 aliphatic rings. The topological polar surface area (TPSA) is 47.0 Å². The van der Waals surface area contributed by atoms with Crippen LogP contribution >= 0.6 is 0 Å². The zero-order valence-corrected chi connectivity index (χ0v) is 9.38. The second-order valence-electron chi connectivity index (χ2n) is 3.70. The average Bonchev–Trinajstić information content (AvgIpc) is 2.39. The van der Waals surface area contributed by atoms with Crippen LogP contribution in [-0.2, 0) is 0 Å². The molecule has 0 spiro atoms. The number of carbonyl (C=O) groups excluding carboxylic acids is 2. The van der Waals surface area contributed by atoms with Crippen molar-refractivity contribution in [1.29, 1.82) is 0 Å². The van der Waals surface area contributed by atoms with Crippen LogP contribution in [0, 0.1) is 0 Å². The first-order valence-electron chi connectivity index (χ1n) is 5.24. The van der Waals surface area contributed by atoms with Crippen molar-refractivity contribution in [3.63, 3.8) is 0 Å². The molecular weight excluding hydrogens is 214 g/mol. The van der Waals surface area contributed by atoms with Gasteiger partial charge in [0.2, 0.25) is 0 Å². The summed E-state index contributed by atoms with van der Waals surface area (Å²) in [7, 11) is 0. The third kappa shape index (κ3) is 2.45. The zero-order chi connectivity index (χ0) is 12.3. The SMILES string of the molecule is CC(=O)c1cccc(-c2ccc(C=O)cc2)n1. The minimum atomic E-state index is -0.0589. The van der Waals surface area contributed by atoms with Gasteiger partial charge in [0.1, 0.15) is 12.0 Å². The standard InChI is InChI=1S/C14H11NO2/c1-10(17)13-3-2-4-14(15-13)12-7-5-11(9-16)6-8-12/h2-9H,1H3. The van der Waals surface area contributed by atoms with E-state index in [2.05, 4.69) is 4.98 Å². The van der Waals surface area contributed by atoms with E-state index in [9.17, 15) is 9.59 Å². The first kappa shape index (κ1) is 11.2. The Balaban J connectivity index is 2.41. The molecular formula is C14H11NO2. The number of carbonyl (C=O) groups is 2. The van der Waals surface area contributed by atoms with Crippen LogP contribution in [0.5, 0.6) is 0 Å². The zero-order valence-electron chi connectivity index (χ0n) is 9.38. The van der Waals surface area contributed by atoms with Crippen molar-refractivity contribution in [2.45, 2.75) is 6.92 Å². The highest BCUT2D eigenvalue weighted by Crippen LogP contribution is 2.17. The van der Waals surface area contributed by atoms with Crippen molar-refractivity contribution in [1.82, 2.24) is 4.98 Å². The highest BCUT2D eigenvalue weighted by Gasteiger charge is 2.04. The van der Waals surface area contributed by atoms with Gasteiger partial charge in [-0.3, -0.25) is 9.59 Å². The Bertz CT molecular complexity index is 559. The molecule has 0 bridgehead atoms. The Morgan fingerprint density at radius 1 is 1.12 bits per heavy atom. The average molecular weight is 225 g/mol. The summed E-state index contributed by atoms with van der Waals surface area (Å²) in [6, 6.07) is 12.4. The Kier molecular flexibility index (Phi) is 3.10. The van der Waals surface area contributed by atoms with E-state index in [4.69, 9.17) is 0 Å². The van der Waals surface area contributed by atoms with E-state index in [1.165, 1.54) is 6.92 Å². The lowest BCUT2D eigenvalue weighted by Crippen LogP contribution is -1.97. The molecule has 0 saturated carbocycles. The molecule has 84 valence electrons. The molecule has 0 atom stereocenters. The fraction of sp³-hybridized carbons (Fsp3) is 0.0714. The first-order valence-corrected chi connectivity index (χ1v) is 5.24. The van der Waals surface area contributed by atoms with Gasteiger partial charge in [-0.25, -0.2) is 4.98 Å². The van der Waals surface area contributed by atoms with Crippen LogP contribution in [0.1, 0.15) is 27.8 Å². The second-order valence-corrected chi connectivity index (χ2v) is 3.70. The van der Waals surface area contributed by atoms with Gasteiger partial charge >= 0.3 is 0 Å². The number of hydrogen-bond acceptors (Lipinski definition) is 3. The lowest BCUT2D eigenvalue weighted by Gasteiger charge is -2.02. The molecule has 0 aliphatic carbocycles. The molecule has 3 heteroatoms. The van der Waals surface area contributed by atoms with Crippen LogP contribution in [0.4, 0.5) is 0 Å². The molecule has 3 nitrogen and oxygen atoms in total. The largest absolute Gasteiger partial charge is 0.298 e. The molecule has 0 radical (unpaired) electrons. The predicted molar refractivity (Wildman–Crippen MR) is 65.1 cm³/mol. The maximum Gasteiger partial charge on any atom is 0.178 e. The van der Waals surface area contributed by atoms with E-state index in [0.717, 1.165) is 17.5 Å². The number of nitrogens with zero attached hydrogens (tertiary/aromatic N) is 1. The monoisotopic (exact) mass is 225 g/mol. The molecule has 0 saturated heterocycles. The van der Waals surface area contributed by atoms with Crippen molar-refractivity contribution in [2.75, 3.05) is 0 Å². The maximum absolute atomic E-state index is 11.2. The van der Waals surface area contributed by atoms with Crippen molar-refractivity contribution in [2.24, 2.45) is 0 Å². The molecule has 2 rings (SSSR count). The lowest BCUT2D eigenvalue weighted by atomic mass is 10.1. The summed E-state index contributed by atoms with van der Waals surface area (Å²) in [4.78, 5) is 26.0. The number of hydrogen-bond donors (Lipinski definition) is 0. The number of Topliss-reactive ketones (excluding diaryl/α,β-unsaturated/α-hetero) is 1. The summed E-state index contributed by atoms with van der Waals surface area (Å²) in [5.41, 5.74) is 2.69. The van der Waals surface area contributed by atoms with Crippen LogP contribution in [0.2, 0.25) is 0 Å². The second kappa shape index (κ2) is 4.70. The molecule has 0 N–H and O–H groups in total. The third-order valence-electron chi connectivity index (χ3n) is 2.45. The fourth-order valence-electron chi connectivity index (χ4n) is 1.52. The van der Waals surface area contributed by atoms with E-state index < -0.39 is 0 Å². The van der Waals surface area contributed by atoms with E-state index in [1.807, 2.05) is 18.2 Å². The molecule has 0 unspecified atom stereocenters. The van der Waals surface area contributed by atoms with Crippen molar-refractivity contribution in [3.05, 3.63) is 53.7 Å². The summed E-state index contributed by atoms with van der Waals surface area (Å²) in [5.74, 6) is -0.0589. The van der Waals surface area contributed by atoms with Gasteiger partial charge in [0.25, 0.3) is 0 Å². The Hall–Kier alpha value is -2.29. The summed E-state index contributed by atoms with van der Waals surface area (Å²) in [6.45, 7) is 1.49. The van der Waals surface area contributed by atoms with Crippen LogP contribution in [-0.4, -0.2) is 17.1 Å². The number of pyridine rings is 1. The van der Waals surface area contributed by atoms with E-state index >= 15 is 0 Å². The predicted octanol–water partition coefficient (Wildman–Crippen LogP) is 2.76. The quantitative estimate of drug-likeness (QED) is 0.596. The van der Waals surface area contributed by atoms with Crippen molar-refractivity contribution in [3.8, 4) is 11.3 Å². The molecule has 1 heterocycles. The molecule has 0 aliphatic heterocycles. The molecule has 0 amide bonds. The fourth-order valence-corrected chi connectivity index (χ4v) is 1.52. The Morgan fingerprint density at radius 2 is 1.82 bits per heavy atom. The van der Waals surface area contributed by atoms with Gasteiger partial charge in [-0.2, -0.15) is 0 Å². The van der Waals surface area contributed by atoms with Gasteiger partial charge < -0.3 is 0 Å². The Labute approximate surface area is 99.1 Å². The molecule has 17 heavy (non-hydrogen) atoms. The summed E-state index contributed by atoms with van der Waals surface area (Å²) in [5, 5.41) is 0. The molecule has 1 aromatic carbocycles. The van der Waals surface area contributed by atoms with Crippen LogP contribution in [0.15, 0.2) is 42.5 Å². The smallest absolute Gasteiger partial charge is 0.178 e. The van der Waals surface area contributed by atoms with Gasteiger partial charge in [-0.05, 0) is 12.1 Å². The van der Waals surface area contributed by atoms with Crippen LogP contribution in [0.3, 0.4) is 0 Å². The van der Waals surface area contributed by atoms with Crippen molar-refractivity contribution < 1.29 is 9.59 Å². The number of aromatic nitrogens is 1. The number of ketones is 1. The Morgan fingerprint density at radius 3 is 2.41 bits per heavy atom. The number of rotatable bonds is 3. The molecule has 2 aromatic rings. The molecule has 1 aromatic heterocycles. The van der Waals surface area contributed by atoms with E-state index in [0.29, 0.717) is 11.3 Å². The van der Waals surface area contributed by atoms with Gasteiger partial charge in [0.15, 0.2) is 5.78 Å². The lowest BCUT2D eigenvalue weighted by molar-refractivity contribution is 0.101. The molecule has 0 fully saturated rings. The summed E-state index contributed by atoms with van der Waals surface area (Å²) >= 11 is 0. The van der Waals surface area contributed by atoms with E-state index in [-0.39, 0.29) is 5.78 Å².